The molecule has 1 aliphatic heterocycles. The van der Waals surface area contributed by atoms with Gasteiger partial charge < -0.3 is 10.6 Å². The number of halogens is 1. The minimum atomic E-state index is 0. The van der Waals surface area contributed by atoms with E-state index in [0.717, 1.165) is 30.9 Å². The molecule has 1 aromatic heterocycles. The normalized spacial score (nSPS) is 16.6. The molecule has 0 spiro atoms. The molecular weight excluding hydrogens is 344 g/mol. The van der Waals surface area contributed by atoms with E-state index in [1.54, 1.807) is 0 Å². The molecular formula is C17H23ClN4OS. The van der Waals surface area contributed by atoms with Gasteiger partial charge in [0.1, 0.15) is 5.01 Å². The second kappa shape index (κ2) is 9.11. The Balaban J connectivity index is 0.00000208. The van der Waals surface area contributed by atoms with E-state index in [2.05, 4.69) is 52.0 Å². The van der Waals surface area contributed by atoms with Gasteiger partial charge in [-0.3, -0.25) is 4.79 Å². The van der Waals surface area contributed by atoms with E-state index in [4.69, 9.17) is 0 Å². The summed E-state index contributed by atoms with van der Waals surface area (Å²) in [4.78, 5) is 12.0. The van der Waals surface area contributed by atoms with Gasteiger partial charge in [0, 0.05) is 12.8 Å². The SMILES string of the molecule is Cc1ccc(Cc2nnc(NC(=O)CCC3CCNC3)s2)cc1.Cl. The molecule has 1 aliphatic rings. The van der Waals surface area contributed by atoms with E-state index in [1.165, 1.54) is 28.9 Å². The van der Waals surface area contributed by atoms with Crippen LogP contribution in [0.3, 0.4) is 0 Å². The topological polar surface area (TPSA) is 66.9 Å². The van der Waals surface area contributed by atoms with Gasteiger partial charge in [0.15, 0.2) is 0 Å². The highest BCUT2D eigenvalue weighted by atomic mass is 35.5. The molecule has 1 atom stereocenters. The van der Waals surface area contributed by atoms with Gasteiger partial charge in [-0.05, 0) is 44.3 Å². The third kappa shape index (κ3) is 5.54. The van der Waals surface area contributed by atoms with E-state index >= 15 is 0 Å². The first-order chi connectivity index (χ1) is 11.2. The molecule has 2 aromatic rings. The molecule has 1 fully saturated rings. The minimum Gasteiger partial charge on any atom is -0.316 e. The summed E-state index contributed by atoms with van der Waals surface area (Å²) in [7, 11) is 0. The first kappa shape index (κ1) is 18.8. The second-order valence-corrected chi connectivity index (χ2v) is 7.17. The van der Waals surface area contributed by atoms with Crippen molar-refractivity contribution in [3.63, 3.8) is 0 Å². The number of aromatic nitrogens is 2. The monoisotopic (exact) mass is 366 g/mol. The Hall–Kier alpha value is -1.50. The fraction of sp³-hybridized carbons (Fsp3) is 0.471. The maximum atomic E-state index is 12.0. The van der Waals surface area contributed by atoms with Gasteiger partial charge >= 0.3 is 0 Å². The molecule has 2 N–H and O–H groups in total. The molecule has 0 aliphatic carbocycles. The Morgan fingerprint density at radius 3 is 2.83 bits per heavy atom. The predicted octanol–water partition coefficient (Wildman–Crippen LogP) is 3.19. The largest absolute Gasteiger partial charge is 0.316 e. The lowest BCUT2D eigenvalue weighted by Gasteiger charge is -2.06. The third-order valence-electron chi connectivity index (χ3n) is 4.13. The van der Waals surface area contributed by atoms with Crippen LogP contribution in [0.5, 0.6) is 0 Å². The number of rotatable bonds is 6. The van der Waals surface area contributed by atoms with Crippen LogP contribution in [0.15, 0.2) is 24.3 Å². The molecule has 0 saturated carbocycles. The molecule has 0 bridgehead atoms. The number of hydrogen-bond donors (Lipinski definition) is 2. The molecule has 24 heavy (non-hydrogen) atoms. The van der Waals surface area contributed by atoms with E-state index in [-0.39, 0.29) is 18.3 Å². The number of amides is 1. The molecule has 1 aromatic carbocycles. The Bertz CT molecular complexity index is 653. The van der Waals surface area contributed by atoms with Crippen LogP contribution in [0.25, 0.3) is 0 Å². The van der Waals surface area contributed by atoms with Crippen molar-refractivity contribution in [1.29, 1.82) is 0 Å². The number of anilines is 1. The lowest BCUT2D eigenvalue weighted by atomic mass is 10.0. The van der Waals surface area contributed by atoms with Crippen molar-refractivity contribution in [3.8, 4) is 0 Å². The molecule has 7 heteroatoms. The van der Waals surface area contributed by atoms with Crippen LogP contribution in [-0.2, 0) is 11.2 Å². The zero-order valence-corrected chi connectivity index (χ0v) is 15.4. The molecule has 2 heterocycles. The predicted molar refractivity (Wildman–Crippen MR) is 100.0 cm³/mol. The van der Waals surface area contributed by atoms with Crippen molar-refractivity contribution in [2.45, 2.75) is 32.6 Å². The first-order valence-corrected chi connectivity index (χ1v) is 8.89. The summed E-state index contributed by atoms with van der Waals surface area (Å²) in [6.45, 7) is 4.18. The van der Waals surface area contributed by atoms with Crippen LogP contribution >= 0.6 is 23.7 Å². The summed E-state index contributed by atoms with van der Waals surface area (Å²) in [5.41, 5.74) is 2.45. The maximum absolute atomic E-state index is 12.0. The standard InChI is InChI=1S/C17H22N4OS.ClH/c1-12-2-4-13(5-3-12)10-16-20-21-17(23-16)19-15(22)7-6-14-8-9-18-11-14;/h2-5,14,18H,6-11H2,1H3,(H,19,21,22);1H. The number of nitrogens with zero attached hydrogens (tertiary/aromatic N) is 2. The van der Waals surface area contributed by atoms with Gasteiger partial charge in [-0.25, -0.2) is 0 Å². The van der Waals surface area contributed by atoms with Crippen molar-refractivity contribution in [2.75, 3.05) is 18.4 Å². The van der Waals surface area contributed by atoms with Gasteiger partial charge in [0.05, 0.1) is 0 Å². The van der Waals surface area contributed by atoms with Crippen LogP contribution in [0.1, 0.15) is 35.4 Å². The molecule has 1 amide bonds. The first-order valence-electron chi connectivity index (χ1n) is 8.07. The average Bonchev–Trinajstić information content (AvgIpc) is 3.20. The Morgan fingerprint density at radius 2 is 2.12 bits per heavy atom. The van der Waals surface area contributed by atoms with Crippen LogP contribution in [-0.4, -0.2) is 29.2 Å². The van der Waals surface area contributed by atoms with E-state index in [0.29, 0.717) is 17.5 Å². The molecule has 0 radical (unpaired) electrons. The highest BCUT2D eigenvalue weighted by Gasteiger charge is 2.16. The minimum absolute atomic E-state index is 0. The van der Waals surface area contributed by atoms with Gasteiger partial charge in [0.25, 0.3) is 0 Å². The maximum Gasteiger partial charge on any atom is 0.226 e. The summed E-state index contributed by atoms with van der Waals surface area (Å²) >= 11 is 1.45. The highest BCUT2D eigenvalue weighted by Crippen LogP contribution is 2.20. The summed E-state index contributed by atoms with van der Waals surface area (Å²) in [6, 6.07) is 8.39. The fourth-order valence-corrected chi connectivity index (χ4v) is 3.52. The average molecular weight is 367 g/mol. The highest BCUT2D eigenvalue weighted by molar-refractivity contribution is 7.15. The number of carbonyl (C=O) groups is 1. The fourth-order valence-electron chi connectivity index (χ4n) is 2.73. The van der Waals surface area contributed by atoms with Crippen molar-refractivity contribution in [3.05, 3.63) is 40.4 Å². The Morgan fingerprint density at radius 1 is 1.33 bits per heavy atom. The summed E-state index contributed by atoms with van der Waals surface area (Å²) in [6.07, 6.45) is 3.42. The summed E-state index contributed by atoms with van der Waals surface area (Å²) in [5, 5.41) is 16.0. The quantitative estimate of drug-likeness (QED) is 0.823. The summed E-state index contributed by atoms with van der Waals surface area (Å²) in [5.74, 6) is 0.669. The molecule has 130 valence electrons. The van der Waals surface area contributed by atoms with Crippen molar-refractivity contribution in [1.82, 2.24) is 15.5 Å². The van der Waals surface area contributed by atoms with Crippen LogP contribution in [0, 0.1) is 12.8 Å². The van der Waals surface area contributed by atoms with Gasteiger partial charge in [-0.15, -0.1) is 22.6 Å². The van der Waals surface area contributed by atoms with E-state index < -0.39 is 0 Å². The van der Waals surface area contributed by atoms with Gasteiger partial charge in [0.2, 0.25) is 11.0 Å². The van der Waals surface area contributed by atoms with E-state index in [9.17, 15) is 4.79 Å². The zero-order valence-electron chi connectivity index (χ0n) is 13.7. The van der Waals surface area contributed by atoms with Crippen molar-refractivity contribution < 1.29 is 4.79 Å². The van der Waals surface area contributed by atoms with Crippen molar-refractivity contribution >= 4 is 34.8 Å². The molecule has 3 rings (SSSR count). The molecule has 1 saturated heterocycles. The van der Waals surface area contributed by atoms with Crippen molar-refractivity contribution in [2.24, 2.45) is 5.92 Å². The molecule has 1 unspecified atom stereocenters. The Labute approximate surface area is 152 Å². The van der Waals surface area contributed by atoms with E-state index in [1.807, 2.05) is 0 Å². The molecule has 5 nitrogen and oxygen atoms in total. The number of hydrogen-bond acceptors (Lipinski definition) is 5. The van der Waals surface area contributed by atoms with Gasteiger partial charge in [-0.1, -0.05) is 41.2 Å². The van der Waals surface area contributed by atoms with Crippen LogP contribution in [0.4, 0.5) is 5.13 Å². The number of nitrogens with one attached hydrogen (secondary N) is 2. The number of benzene rings is 1. The zero-order chi connectivity index (χ0) is 16.1. The van der Waals surface area contributed by atoms with Gasteiger partial charge in [-0.2, -0.15) is 0 Å². The van der Waals surface area contributed by atoms with Crippen LogP contribution < -0.4 is 10.6 Å². The lowest BCUT2D eigenvalue weighted by Crippen LogP contribution is -2.14. The van der Waals surface area contributed by atoms with Crippen LogP contribution in [0.2, 0.25) is 0 Å². The smallest absolute Gasteiger partial charge is 0.226 e. The lowest BCUT2D eigenvalue weighted by molar-refractivity contribution is -0.116. The second-order valence-electron chi connectivity index (χ2n) is 6.11. The third-order valence-corrected chi connectivity index (χ3v) is 4.97. The number of aryl methyl sites for hydroxylation is 1. The number of carbonyl (C=O) groups excluding carboxylic acids is 1. The Kier molecular flexibility index (Phi) is 7.15. The summed E-state index contributed by atoms with van der Waals surface area (Å²) < 4.78 is 0.